The van der Waals surface area contributed by atoms with E-state index < -0.39 is 7.04 Å². The molecule has 0 saturated heterocycles. The van der Waals surface area contributed by atoms with Crippen LogP contribution in [0.5, 0.6) is 5.88 Å². The third-order valence-electron chi connectivity index (χ3n) is 0.713. The Kier molecular flexibility index (Phi) is 1.08. The van der Waals surface area contributed by atoms with Crippen molar-refractivity contribution in [2.75, 3.05) is 7.04 Å². The van der Waals surface area contributed by atoms with Gasteiger partial charge in [0.25, 0.3) is 0 Å². The number of aromatic nitrogens is 2. The lowest BCUT2D eigenvalue weighted by Gasteiger charge is -1.94. The summed E-state index contributed by atoms with van der Waals surface area (Å²) in [6, 6.07) is 1.38. The van der Waals surface area contributed by atoms with Crippen molar-refractivity contribution in [2.24, 2.45) is 0 Å². The van der Waals surface area contributed by atoms with Crippen LogP contribution in [0.25, 0.3) is 0 Å². The third-order valence-corrected chi connectivity index (χ3v) is 1.15. The van der Waals surface area contributed by atoms with E-state index in [-0.39, 0.29) is 5.88 Å². The second-order valence-electron chi connectivity index (χ2n) is 1.28. The van der Waals surface area contributed by atoms with Crippen LogP contribution in [0.4, 0.5) is 0 Å². The van der Waals surface area contributed by atoms with Crippen molar-refractivity contribution in [3.63, 3.8) is 0 Å². The van der Waals surface area contributed by atoms with Crippen LogP contribution in [-0.2, 0) is 0 Å². The van der Waals surface area contributed by atoms with Crippen molar-refractivity contribution in [2.45, 2.75) is 0 Å². The average Bonchev–Trinajstić information content (AvgIpc) is 1.82. The Hall–Kier alpha value is -0.640. The summed E-state index contributed by atoms with van der Waals surface area (Å²) in [5.41, 5.74) is 0. The van der Waals surface area contributed by atoms with Crippen molar-refractivity contribution >= 4 is 15.9 Å². The minimum Gasteiger partial charge on any atom is -0.481 e. The standard InChI is InChI=1S/C5H5BrN2O/c1-9-5-2-4(6)7-3-8-5/h2-3H,1H3/i1D3. The summed E-state index contributed by atoms with van der Waals surface area (Å²) < 4.78 is 25.3. The monoisotopic (exact) mass is 191 g/mol. The molecule has 0 N–H and O–H groups in total. The lowest BCUT2D eigenvalue weighted by Crippen LogP contribution is -1.87. The van der Waals surface area contributed by atoms with Crippen molar-refractivity contribution < 1.29 is 8.85 Å². The molecular weight excluding hydrogens is 184 g/mol. The van der Waals surface area contributed by atoms with Gasteiger partial charge in [0.2, 0.25) is 5.88 Å². The summed E-state index contributed by atoms with van der Waals surface area (Å²) in [4.78, 5) is 7.31. The maximum atomic E-state index is 6.78. The first-order valence-corrected chi connectivity index (χ1v) is 2.93. The Labute approximate surface area is 65.4 Å². The van der Waals surface area contributed by atoms with Gasteiger partial charge in [0.15, 0.2) is 0 Å². The number of nitrogens with zero attached hydrogens (tertiary/aromatic N) is 2. The zero-order chi connectivity index (χ0) is 9.19. The predicted molar refractivity (Wildman–Crippen MR) is 36.3 cm³/mol. The summed E-state index contributed by atoms with van der Waals surface area (Å²) in [5.74, 6) is 0.0249. The Bertz CT molecular complexity index is 278. The van der Waals surface area contributed by atoms with E-state index in [2.05, 4.69) is 30.6 Å². The van der Waals surface area contributed by atoms with Gasteiger partial charge in [-0.3, -0.25) is 0 Å². The molecule has 0 aliphatic carbocycles. The topological polar surface area (TPSA) is 35.0 Å². The van der Waals surface area contributed by atoms with E-state index in [4.69, 9.17) is 4.11 Å². The van der Waals surface area contributed by atoms with Crippen LogP contribution in [0.1, 0.15) is 4.11 Å². The smallest absolute Gasteiger partial charge is 0.217 e. The van der Waals surface area contributed by atoms with E-state index in [0.717, 1.165) is 0 Å². The number of rotatable bonds is 1. The van der Waals surface area contributed by atoms with E-state index in [0.29, 0.717) is 4.60 Å². The summed E-state index contributed by atoms with van der Waals surface area (Å²) >= 11 is 3.05. The molecule has 1 rings (SSSR count). The van der Waals surface area contributed by atoms with Crippen LogP contribution >= 0.6 is 15.9 Å². The van der Waals surface area contributed by atoms with Crippen LogP contribution in [0.15, 0.2) is 17.0 Å². The van der Waals surface area contributed by atoms with Gasteiger partial charge in [0, 0.05) is 6.07 Å². The Morgan fingerprint density at radius 3 is 3.33 bits per heavy atom. The number of ether oxygens (including phenoxy) is 1. The van der Waals surface area contributed by atoms with Gasteiger partial charge < -0.3 is 4.74 Å². The third kappa shape index (κ3) is 1.64. The zero-order valence-corrected chi connectivity index (χ0v) is 5.92. The van der Waals surface area contributed by atoms with E-state index in [1.165, 1.54) is 12.4 Å². The Morgan fingerprint density at radius 2 is 2.67 bits per heavy atom. The maximum absolute atomic E-state index is 6.78. The van der Waals surface area contributed by atoms with E-state index in [9.17, 15) is 0 Å². The SMILES string of the molecule is [2H]C([2H])([2H])Oc1cc(Br)ncn1. The highest BCUT2D eigenvalue weighted by Crippen LogP contribution is 2.09. The van der Waals surface area contributed by atoms with Gasteiger partial charge in [-0.1, -0.05) is 0 Å². The molecule has 0 bridgehead atoms. The summed E-state index contributed by atoms with van der Waals surface area (Å²) in [7, 11) is -2.46. The quantitative estimate of drug-likeness (QED) is 0.628. The van der Waals surface area contributed by atoms with Gasteiger partial charge in [-0.2, -0.15) is 0 Å². The average molecular weight is 192 g/mol. The second kappa shape index (κ2) is 2.77. The van der Waals surface area contributed by atoms with Gasteiger partial charge in [-0.25, -0.2) is 9.97 Å². The summed E-state index contributed by atoms with van der Waals surface area (Å²) in [6.45, 7) is 0. The molecule has 0 atom stereocenters. The van der Waals surface area contributed by atoms with Gasteiger partial charge in [0.05, 0.1) is 11.2 Å². The maximum Gasteiger partial charge on any atom is 0.217 e. The molecule has 0 aliphatic heterocycles. The predicted octanol–water partition coefficient (Wildman–Crippen LogP) is 1.25. The molecule has 0 unspecified atom stereocenters. The molecule has 1 heterocycles. The molecule has 4 heteroatoms. The minimum atomic E-state index is -2.46. The van der Waals surface area contributed by atoms with Crippen LogP contribution in [0, 0.1) is 0 Å². The molecule has 3 nitrogen and oxygen atoms in total. The summed E-state index contributed by atoms with van der Waals surface area (Å²) in [6.07, 6.45) is 1.21. The first-order valence-electron chi connectivity index (χ1n) is 3.64. The molecule has 0 radical (unpaired) electrons. The normalized spacial score (nSPS) is 15.4. The molecule has 0 fully saturated rings. The molecule has 0 saturated carbocycles. The molecule has 1 aromatic heterocycles. The fraction of sp³-hybridized carbons (Fsp3) is 0.200. The van der Waals surface area contributed by atoms with Crippen molar-refractivity contribution in [1.82, 2.24) is 9.97 Å². The number of hydrogen-bond donors (Lipinski definition) is 0. The molecule has 1 aromatic rings. The van der Waals surface area contributed by atoms with Crippen LogP contribution < -0.4 is 4.74 Å². The van der Waals surface area contributed by atoms with Gasteiger partial charge in [-0.05, 0) is 15.9 Å². The van der Waals surface area contributed by atoms with Crippen LogP contribution in [0.3, 0.4) is 0 Å². The minimum absolute atomic E-state index is 0.0249. The van der Waals surface area contributed by atoms with E-state index >= 15 is 0 Å². The highest BCUT2D eigenvalue weighted by Gasteiger charge is 1.91. The fourth-order valence-corrected chi connectivity index (χ4v) is 0.661. The number of methoxy groups -OCH3 is 1. The Balaban J connectivity index is 2.77. The molecular formula is C5H5BrN2O. The summed E-state index contributed by atoms with van der Waals surface area (Å²) in [5, 5.41) is 0. The molecule has 0 aliphatic rings. The largest absolute Gasteiger partial charge is 0.481 e. The first kappa shape index (κ1) is 3.51. The van der Waals surface area contributed by atoms with Gasteiger partial charge in [0.1, 0.15) is 10.9 Å². The Morgan fingerprint density at radius 1 is 1.78 bits per heavy atom. The second-order valence-corrected chi connectivity index (χ2v) is 2.09. The molecule has 9 heavy (non-hydrogen) atoms. The molecule has 0 spiro atoms. The highest BCUT2D eigenvalue weighted by molar-refractivity contribution is 9.10. The van der Waals surface area contributed by atoms with Crippen molar-refractivity contribution in [3.8, 4) is 5.88 Å². The number of halogens is 1. The van der Waals surface area contributed by atoms with E-state index in [1.807, 2.05) is 0 Å². The molecule has 0 aromatic carbocycles. The van der Waals surface area contributed by atoms with Crippen LogP contribution in [0.2, 0.25) is 0 Å². The molecule has 0 amide bonds. The first-order chi connectivity index (χ1) is 5.47. The van der Waals surface area contributed by atoms with Crippen molar-refractivity contribution in [1.29, 1.82) is 0 Å². The zero-order valence-electron chi connectivity index (χ0n) is 7.34. The van der Waals surface area contributed by atoms with Crippen LogP contribution in [-0.4, -0.2) is 17.0 Å². The fourth-order valence-electron chi connectivity index (χ4n) is 0.373. The van der Waals surface area contributed by atoms with Gasteiger partial charge in [-0.15, -0.1) is 0 Å². The molecule has 48 valence electrons. The highest BCUT2D eigenvalue weighted by atomic mass is 79.9. The van der Waals surface area contributed by atoms with Gasteiger partial charge >= 0.3 is 0 Å². The van der Waals surface area contributed by atoms with Crippen molar-refractivity contribution in [3.05, 3.63) is 17.0 Å². The lowest BCUT2D eigenvalue weighted by molar-refractivity contribution is 0.396. The number of hydrogen-bond acceptors (Lipinski definition) is 3. The lowest BCUT2D eigenvalue weighted by atomic mass is 10.6. The van der Waals surface area contributed by atoms with E-state index in [1.54, 1.807) is 0 Å².